The topological polar surface area (TPSA) is 53.2 Å². The number of halogens is 1. The Bertz CT molecular complexity index is 707. The molecule has 2 aromatic carbocycles. The number of benzene rings is 2. The number of nitrogens with one attached hydrogen (secondary N) is 3. The molecule has 0 bridgehead atoms. The normalized spacial score (nSPS) is 21.0. The smallest absolute Gasteiger partial charge is 0.226 e. The number of aryl methyl sites for hydroxylation is 1. The molecule has 1 heterocycles. The van der Waals surface area contributed by atoms with Gasteiger partial charge < -0.3 is 5.32 Å². The minimum absolute atomic E-state index is 0.0150. The Balaban J connectivity index is 1.56. The first-order valence-electron chi connectivity index (χ1n) is 8.71. The van der Waals surface area contributed by atoms with Crippen molar-refractivity contribution in [3.63, 3.8) is 0 Å². The van der Waals surface area contributed by atoms with Crippen LogP contribution in [0.1, 0.15) is 30.5 Å². The van der Waals surface area contributed by atoms with E-state index in [2.05, 4.69) is 75.4 Å². The molecule has 3 N–H and O–H groups in total. The summed E-state index contributed by atoms with van der Waals surface area (Å²) in [6, 6.07) is 18.6. The summed E-state index contributed by atoms with van der Waals surface area (Å²) in [6.45, 7) is 2.71. The number of carbonyl (C=O) groups excluding carboxylic acids is 1. The van der Waals surface area contributed by atoms with Gasteiger partial charge in [-0.25, -0.2) is 5.43 Å². The predicted octanol–water partition coefficient (Wildman–Crippen LogP) is 3.35. The zero-order valence-electron chi connectivity index (χ0n) is 14.3. The number of rotatable bonds is 6. The highest BCUT2D eigenvalue weighted by Gasteiger charge is 2.34. The van der Waals surface area contributed by atoms with E-state index >= 15 is 0 Å². The molecule has 0 aliphatic carbocycles. The maximum absolute atomic E-state index is 12.7. The lowest BCUT2D eigenvalue weighted by Crippen LogP contribution is -2.40. The Kier molecular flexibility index (Phi) is 6.24. The van der Waals surface area contributed by atoms with E-state index in [1.165, 1.54) is 5.56 Å². The summed E-state index contributed by atoms with van der Waals surface area (Å²) in [7, 11) is 0. The van der Waals surface area contributed by atoms with Crippen LogP contribution in [0.25, 0.3) is 0 Å². The molecule has 0 radical (unpaired) electrons. The molecule has 132 valence electrons. The Morgan fingerprint density at radius 1 is 1.24 bits per heavy atom. The van der Waals surface area contributed by atoms with E-state index < -0.39 is 0 Å². The van der Waals surface area contributed by atoms with Crippen molar-refractivity contribution in [1.82, 2.24) is 16.2 Å². The van der Waals surface area contributed by atoms with Crippen LogP contribution in [-0.4, -0.2) is 18.5 Å². The van der Waals surface area contributed by atoms with E-state index in [0.717, 1.165) is 22.9 Å². The maximum atomic E-state index is 12.7. The van der Waals surface area contributed by atoms with Crippen LogP contribution in [0.3, 0.4) is 0 Å². The zero-order chi connectivity index (χ0) is 17.6. The summed E-state index contributed by atoms with van der Waals surface area (Å²) in [5.74, 6) is -0.0171. The number of amides is 1. The fraction of sp³-hybridized carbons (Fsp3) is 0.350. The molecule has 5 heteroatoms. The molecule has 1 aliphatic heterocycles. The van der Waals surface area contributed by atoms with Crippen LogP contribution < -0.4 is 16.2 Å². The van der Waals surface area contributed by atoms with Crippen molar-refractivity contribution >= 4 is 21.8 Å². The zero-order valence-corrected chi connectivity index (χ0v) is 15.9. The summed E-state index contributed by atoms with van der Waals surface area (Å²) < 4.78 is 1.02. The fourth-order valence-corrected chi connectivity index (χ4v) is 3.62. The molecule has 4 nitrogen and oxygen atoms in total. The average Bonchev–Trinajstić information content (AvgIpc) is 3.11. The van der Waals surface area contributed by atoms with Crippen molar-refractivity contribution in [2.24, 2.45) is 5.92 Å². The van der Waals surface area contributed by atoms with Gasteiger partial charge in [-0.3, -0.25) is 10.2 Å². The molecule has 0 spiro atoms. The van der Waals surface area contributed by atoms with Crippen LogP contribution in [0.15, 0.2) is 59.1 Å². The van der Waals surface area contributed by atoms with Gasteiger partial charge in [0.25, 0.3) is 0 Å². The second-order valence-electron chi connectivity index (χ2n) is 6.60. The van der Waals surface area contributed by atoms with E-state index in [-0.39, 0.29) is 23.9 Å². The van der Waals surface area contributed by atoms with E-state index in [4.69, 9.17) is 0 Å². The largest absolute Gasteiger partial charge is 0.353 e. The molecular weight excluding hydrogens is 378 g/mol. The van der Waals surface area contributed by atoms with Gasteiger partial charge in [-0.2, -0.15) is 0 Å². The number of carbonyl (C=O) groups is 1. The molecule has 1 amide bonds. The van der Waals surface area contributed by atoms with Gasteiger partial charge in [0.05, 0.1) is 12.0 Å². The minimum Gasteiger partial charge on any atom is -0.353 e. The van der Waals surface area contributed by atoms with Crippen LogP contribution in [-0.2, 0) is 11.2 Å². The highest BCUT2D eigenvalue weighted by atomic mass is 79.9. The molecule has 1 fully saturated rings. The SMILES string of the molecule is CC(CCc1ccccc1)NC(=O)C1CNNC1c1cccc(Br)c1. The van der Waals surface area contributed by atoms with Crippen molar-refractivity contribution in [2.45, 2.75) is 31.8 Å². The lowest BCUT2D eigenvalue weighted by atomic mass is 9.94. The number of hydrogen-bond donors (Lipinski definition) is 3. The van der Waals surface area contributed by atoms with Crippen LogP contribution in [0, 0.1) is 5.92 Å². The highest BCUT2D eigenvalue weighted by Crippen LogP contribution is 2.27. The van der Waals surface area contributed by atoms with E-state index in [1.807, 2.05) is 18.2 Å². The summed E-state index contributed by atoms with van der Waals surface area (Å²) in [5, 5.41) is 3.18. The quantitative estimate of drug-likeness (QED) is 0.695. The van der Waals surface area contributed by atoms with Crippen LogP contribution in [0.2, 0.25) is 0 Å². The van der Waals surface area contributed by atoms with Crippen molar-refractivity contribution in [3.8, 4) is 0 Å². The monoisotopic (exact) mass is 401 g/mol. The molecule has 1 aliphatic rings. The Morgan fingerprint density at radius 2 is 2.04 bits per heavy atom. The summed E-state index contributed by atoms with van der Waals surface area (Å²) in [6.07, 6.45) is 1.91. The second kappa shape index (κ2) is 8.61. The van der Waals surface area contributed by atoms with Gasteiger partial charge in [0.2, 0.25) is 5.91 Å². The fourth-order valence-electron chi connectivity index (χ4n) is 3.21. The maximum Gasteiger partial charge on any atom is 0.226 e. The van der Waals surface area contributed by atoms with Gasteiger partial charge in [-0.15, -0.1) is 0 Å². The first kappa shape index (κ1) is 18.1. The summed E-state index contributed by atoms with van der Waals surface area (Å²) in [4.78, 5) is 12.7. The average molecular weight is 402 g/mol. The lowest BCUT2D eigenvalue weighted by Gasteiger charge is -2.21. The molecule has 0 aromatic heterocycles. The third-order valence-corrected chi connectivity index (χ3v) is 5.12. The van der Waals surface area contributed by atoms with Gasteiger partial charge in [-0.05, 0) is 43.0 Å². The molecule has 25 heavy (non-hydrogen) atoms. The number of hydrazine groups is 1. The third-order valence-electron chi connectivity index (χ3n) is 4.62. The molecule has 1 saturated heterocycles. The van der Waals surface area contributed by atoms with Gasteiger partial charge in [-0.1, -0.05) is 58.4 Å². The Labute approximate surface area is 157 Å². The van der Waals surface area contributed by atoms with Crippen molar-refractivity contribution in [1.29, 1.82) is 0 Å². The van der Waals surface area contributed by atoms with Gasteiger partial charge in [0.1, 0.15) is 0 Å². The molecule has 0 saturated carbocycles. The van der Waals surface area contributed by atoms with E-state index in [0.29, 0.717) is 6.54 Å². The predicted molar refractivity (Wildman–Crippen MR) is 104 cm³/mol. The first-order chi connectivity index (χ1) is 12.1. The molecule has 3 rings (SSSR count). The third kappa shape index (κ3) is 4.91. The highest BCUT2D eigenvalue weighted by molar-refractivity contribution is 9.10. The van der Waals surface area contributed by atoms with Gasteiger partial charge in [0, 0.05) is 17.1 Å². The summed E-state index contributed by atoms with van der Waals surface area (Å²) >= 11 is 3.50. The van der Waals surface area contributed by atoms with E-state index in [9.17, 15) is 4.79 Å². The van der Waals surface area contributed by atoms with Crippen LogP contribution in [0.5, 0.6) is 0 Å². The Morgan fingerprint density at radius 3 is 2.80 bits per heavy atom. The summed E-state index contributed by atoms with van der Waals surface area (Å²) in [5.41, 5.74) is 8.77. The molecule has 2 aromatic rings. The standard InChI is InChI=1S/C20H24BrN3O/c1-14(10-11-15-6-3-2-4-7-15)23-20(25)18-13-22-24-19(18)16-8-5-9-17(21)12-16/h2-9,12,14,18-19,22,24H,10-11,13H2,1H3,(H,23,25). The molecule has 3 unspecified atom stereocenters. The van der Waals surface area contributed by atoms with Crippen molar-refractivity contribution in [3.05, 3.63) is 70.2 Å². The van der Waals surface area contributed by atoms with E-state index in [1.54, 1.807) is 0 Å². The van der Waals surface area contributed by atoms with Crippen LogP contribution >= 0.6 is 15.9 Å². The molecule has 3 atom stereocenters. The Hall–Kier alpha value is -1.69. The minimum atomic E-state index is -0.117. The van der Waals surface area contributed by atoms with Crippen molar-refractivity contribution < 1.29 is 4.79 Å². The van der Waals surface area contributed by atoms with Crippen LogP contribution in [0.4, 0.5) is 0 Å². The second-order valence-corrected chi connectivity index (χ2v) is 7.51. The van der Waals surface area contributed by atoms with Crippen molar-refractivity contribution in [2.75, 3.05) is 6.54 Å². The number of hydrogen-bond acceptors (Lipinski definition) is 3. The van der Waals surface area contributed by atoms with Gasteiger partial charge in [0.15, 0.2) is 0 Å². The molecular formula is C20H24BrN3O. The first-order valence-corrected chi connectivity index (χ1v) is 9.51. The lowest BCUT2D eigenvalue weighted by molar-refractivity contribution is -0.125. The van der Waals surface area contributed by atoms with Gasteiger partial charge >= 0.3 is 0 Å².